The fourth-order valence-electron chi connectivity index (χ4n) is 3.13. The fraction of sp³-hybridized carbons (Fsp3) is 0.476. The summed E-state index contributed by atoms with van der Waals surface area (Å²) in [6.07, 6.45) is 0.0558. The standard InChI is InChI=1S/C21H29N5O3/c1-5-28-18-8-6-17(7-9-18)24-21(27)26-12-10-25(11-13-26)19-14-20(29-15(2)3)23-16(4)22-19/h6-9,14-15H,5,10-13H2,1-4H3,(H,24,27). The minimum Gasteiger partial charge on any atom is -0.494 e. The number of hydrogen-bond acceptors (Lipinski definition) is 6. The molecule has 3 rings (SSSR count). The average molecular weight is 399 g/mol. The van der Waals surface area contributed by atoms with Crippen LogP contribution in [-0.2, 0) is 0 Å². The van der Waals surface area contributed by atoms with Crippen LogP contribution in [-0.4, -0.2) is 59.8 Å². The molecule has 1 aliphatic heterocycles. The molecule has 0 saturated carbocycles. The van der Waals surface area contributed by atoms with Crippen LogP contribution in [0.25, 0.3) is 0 Å². The first-order valence-electron chi connectivity index (χ1n) is 10.0. The van der Waals surface area contributed by atoms with Gasteiger partial charge in [0.25, 0.3) is 0 Å². The van der Waals surface area contributed by atoms with Crippen molar-refractivity contribution in [2.75, 3.05) is 43.0 Å². The molecule has 0 atom stereocenters. The highest BCUT2D eigenvalue weighted by molar-refractivity contribution is 5.89. The van der Waals surface area contributed by atoms with E-state index in [1.807, 2.05) is 62.9 Å². The Bertz CT molecular complexity index is 818. The third-order valence-electron chi connectivity index (χ3n) is 4.46. The van der Waals surface area contributed by atoms with E-state index in [-0.39, 0.29) is 12.1 Å². The minimum atomic E-state index is -0.100. The molecule has 2 aromatic rings. The van der Waals surface area contributed by atoms with E-state index in [1.165, 1.54) is 0 Å². The molecule has 1 aliphatic rings. The summed E-state index contributed by atoms with van der Waals surface area (Å²) in [6.45, 7) is 11.0. The highest BCUT2D eigenvalue weighted by atomic mass is 16.5. The highest BCUT2D eigenvalue weighted by Gasteiger charge is 2.23. The normalized spacial score (nSPS) is 14.1. The predicted molar refractivity (Wildman–Crippen MR) is 113 cm³/mol. The van der Waals surface area contributed by atoms with Gasteiger partial charge in [-0.25, -0.2) is 9.78 Å². The molecule has 2 heterocycles. The lowest BCUT2D eigenvalue weighted by Crippen LogP contribution is -2.50. The van der Waals surface area contributed by atoms with Crippen molar-refractivity contribution >= 4 is 17.5 Å². The Balaban J connectivity index is 1.56. The number of urea groups is 1. The van der Waals surface area contributed by atoms with Gasteiger partial charge in [0.1, 0.15) is 17.4 Å². The number of rotatable bonds is 6. The van der Waals surface area contributed by atoms with Gasteiger partial charge in [-0.15, -0.1) is 0 Å². The lowest BCUT2D eigenvalue weighted by molar-refractivity contribution is 0.208. The van der Waals surface area contributed by atoms with E-state index in [9.17, 15) is 4.79 Å². The third-order valence-corrected chi connectivity index (χ3v) is 4.46. The summed E-state index contributed by atoms with van der Waals surface area (Å²) >= 11 is 0. The predicted octanol–water partition coefficient (Wildman–Crippen LogP) is 3.33. The Morgan fingerprint density at radius 2 is 1.83 bits per heavy atom. The van der Waals surface area contributed by atoms with Crippen molar-refractivity contribution in [3.63, 3.8) is 0 Å². The first-order valence-corrected chi connectivity index (χ1v) is 10.0. The first kappa shape index (κ1) is 20.7. The maximum Gasteiger partial charge on any atom is 0.321 e. The molecule has 29 heavy (non-hydrogen) atoms. The van der Waals surface area contributed by atoms with Crippen molar-refractivity contribution in [3.05, 3.63) is 36.2 Å². The largest absolute Gasteiger partial charge is 0.494 e. The number of aryl methyl sites for hydroxylation is 1. The van der Waals surface area contributed by atoms with Gasteiger partial charge in [-0.2, -0.15) is 4.98 Å². The molecule has 8 nitrogen and oxygen atoms in total. The van der Waals surface area contributed by atoms with E-state index in [0.29, 0.717) is 44.5 Å². The van der Waals surface area contributed by atoms with E-state index in [4.69, 9.17) is 9.47 Å². The van der Waals surface area contributed by atoms with Crippen LogP contribution < -0.4 is 19.7 Å². The van der Waals surface area contributed by atoms with Gasteiger partial charge < -0.3 is 24.6 Å². The highest BCUT2D eigenvalue weighted by Crippen LogP contribution is 2.21. The van der Waals surface area contributed by atoms with E-state index < -0.39 is 0 Å². The summed E-state index contributed by atoms with van der Waals surface area (Å²) in [5.41, 5.74) is 0.753. The molecule has 0 bridgehead atoms. The maximum atomic E-state index is 12.6. The summed E-state index contributed by atoms with van der Waals surface area (Å²) in [7, 11) is 0. The van der Waals surface area contributed by atoms with Crippen LogP contribution in [0.3, 0.4) is 0 Å². The van der Waals surface area contributed by atoms with Crippen LogP contribution >= 0.6 is 0 Å². The molecule has 8 heteroatoms. The molecular weight excluding hydrogens is 370 g/mol. The van der Waals surface area contributed by atoms with Gasteiger partial charge in [0.05, 0.1) is 12.7 Å². The number of hydrogen-bond donors (Lipinski definition) is 1. The Labute approximate surface area is 171 Å². The quantitative estimate of drug-likeness (QED) is 0.803. The summed E-state index contributed by atoms with van der Waals surface area (Å²) in [5, 5.41) is 2.94. The van der Waals surface area contributed by atoms with Crippen LogP contribution in [0.2, 0.25) is 0 Å². The van der Waals surface area contributed by atoms with Crippen LogP contribution in [0, 0.1) is 6.92 Å². The number of nitrogens with zero attached hydrogens (tertiary/aromatic N) is 4. The molecule has 0 aliphatic carbocycles. The number of carbonyl (C=O) groups excluding carboxylic acids is 1. The molecule has 0 unspecified atom stereocenters. The zero-order valence-corrected chi connectivity index (χ0v) is 17.5. The number of anilines is 2. The molecular formula is C21H29N5O3. The number of benzene rings is 1. The molecule has 1 aromatic carbocycles. The summed E-state index contributed by atoms with van der Waals surface area (Å²) in [4.78, 5) is 25.4. The summed E-state index contributed by atoms with van der Waals surface area (Å²) < 4.78 is 11.1. The SMILES string of the molecule is CCOc1ccc(NC(=O)N2CCN(c3cc(OC(C)C)nc(C)n3)CC2)cc1. The average Bonchev–Trinajstić information content (AvgIpc) is 2.69. The lowest BCUT2D eigenvalue weighted by atomic mass is 10.3. The van der Waals surface area contributed by atoms with Crippen molar-refractivity contribution in [1.82, 2.24) is 14.9 Å². The Morgan fingerprint density at radius 3 is 2.45 bits per heavy atom. The second kappa shape index (κ2) is 9.45. The third kappa shape index (κ3) is 5.73. The molecule has 1 N–H and O–H groups in total. The number of ether oxygens (including phenoxy) is 2. The fourth-order valence-corrected chi connectivity index (χ4v) is 3.13. The Morgan fingerprint density at radius 1 is 1.14 bits per heavy atom. The van der Waals surface area contributed by atoms with Crippen molar-refractivity contribution in [2.45, 2.75) is 33.8 Å². The zero-order chi connectivity index (χ0) is 20.8. The number of nitrogens with one attached hydrogen (secondary N) is 1. The van der Waals surface area contributed by atoms with Crippen LogP contribution in [0.5, 0.6) is 11.6 Å². The summed E-state index contributed by atoms with van der Waals surface area (Å²) in [6, 6.07) is 9.16. The minimum absolute atomic E-state index is 0.0558. The van der Waals surface area contributed by atoms with Crippen molar-refractivity contribution in [2.24, 2.45) is 0 Å². The zero-order valence-electron chi connectivity index (χ0n) is 17.5. The van der Waals surface area contributed by atoms with Crippen LogP contribution in [0.15, 0.2) is 30.3 Å². The van der Waals surface area contributed by atoms with Crippen LogP contribution in [0.1, 0.15) is 26.6 Å². The number of aromatic nitrogens is 2. The molecule has 2 amide bonds. The number of amides is 2. The molecule has 0 radical (unpaired) electrons. The molecule has 1 fully saturated rings. The van der Waals surface area contributed by atoms with Crippen molar-refractivity contribution in [1.29, 1.82) is 0 Å². The van der Waals surface area contributed by atoms with Gasteiger partial charge in [0, 0.05) is 37.9 Å². The van der Waals surface area contributed by atoms with E-state index in [0.717, 1.165) is 17.3 Å². The number of carbonyl (C=O) groups is 1. The maximum absolute atomic E-state index is 12.6. The van der Waals surface area contributed by atoms with Gasteiger partial charge >= 0.3 is 6.03 Å². The molecule has 156 valence electrons. The van der Waals surface area contributed by atoms with E-state index in [1.54, 1.807) is 0 Å². The summed E-state index contributed by atoms with van der Waals surface area (Å²) in [5.74, 6) is 2.88. The Hall–Kier alpha value is -3.03. The second-order valence-corrected chi connectivity index (χ2v) is 7.14. The second-order valence-electron chi connectivity index (χ2n) is 7.14. The van der Waals surface area contributed by atoms with Crippen molar-refractivity contribution < 1.29 is 14.3 Å². The van der Waals surface area contributed by atoms with E-state index in [2.05, 4.69) is 20.2 Å². The molecule has 1 saturated heterocycles. The lowest BCUT2D eigenvalue weighted by Gasteiger charge is -2.35. The Kier molecular flexibility index (Phi) is 6.74. The smallest absolute Gasteiger partial charge is 0.321 e. The van der Waals surface area contributed by atoms with Gasteiger partial charge in [-0.05, 0) is 52.0 Å². The monoisotopic (exact) mass is 399 g/mol. The van der Waals surface area contributed by atoms with Gasteiger partial charge in [-0.1, -0.05) is 0 Å². The first-order chi connectivity index (χ1) is 13.9. The van der Waals surface area contributed by atoms with Gasteiger partial charge in [-0.3, -0.25) is 0 Å². The molecule has 1 aromatic heterocycles. The van der Waals surface area contributed by atoms with E-state index >= 15 is 0 Å². The molecule has 0 spiro atoms. The van der Waals surface area contributed by atoms with Crippen molar-refractivity contribution in [3.8, 4) is 11.6 Å². The van der Waals surface area contributed by atoms with Gasteiger partial charge in [0.2, 0.25) is 5.88 Å². The number of piperazine rings is 1. The van der Waals surface area contributed by atoms with Gasteiger partial charge in [0.15, 0.2) is 0 Å². The topological polar surface area (TPSA) is 79.8 Å². The van der Waals surface area contributed by atoms with Crippen LogP contribution in [0.4, 0.5) is 16.3 Å².